The van der Waals surface area contributed by atoms with Crippen LogP contribution in [0.2, 0.25) is 0 Å². The highest BCUT2D eigenvalue weighted by Crippen LogP contribution is 2.37. The maximum absolute atomic E-state index is 12.9. The Bertz CT molecular complexity index is 512. The molecule has 0 radical (unpaired) electrons. The second-order valence-electron chi connectivity index (χ2n) is 6.13. The Labute approximate surface area is 133 Å². The van der Waals surface area contributed by atoms with Gasteiger partial charge in [0.1, 0.15) is 6.10 Å². The van der Waals surface area contributed by atoms with Crippen molar-refractivity contribution in [2.24, 2.45) is 5.92 Å². The van der Waals surface area contributed by atoms with Crippen molar-refractivity contribution < 1.29 is 27.9 Å². The molecule has 1 saturated heterocycles. The SMILES string of the molecule is CC(C)COc1cc(C(F)(F)F)ccc1OC1CCN(O)CC1. The zero-order chi connectivity index (χ0) is 17.0. The molecule has 0 saturated carbocycles. The second-order valence-corrected chi connectivity index (χ2v) is 6.13. The lowest BCUT2D eigenvalue weighted by atomic mass is 10.1. The molecule has 0 unspecified atom stereocenters. The Hall–Kier alpha value is -1.47. The van der Waals surface area contributed by atoms with Crippen LogP contribution in [0.5, 0.6) is 11.5 Å². The predicted molar refractivity (Wildman–Crippen MR) is 78.8 cm³/mol. The van der Waals surface area contributed by atoms with Crippen LogP contribution in [0.4, 0.5) is 13.2 Å². The third kappa shape index (κ3) is 5.28. The highest BCUT2D eigenvalue weighted by molar-refractivity contribution is 5.44. The molecule has 23 heavy (non-hydrogen) atoms. The van der Waals surface area contributed by atoms with Gasteiger partial charge in [0.25, 0.3) is 0 Å². The Kier molecular flexibility index (Phi) is 5.75. The fourth-order valence-electron chi connectivity index (χ4n) is 2.29. The molecule has 7 heteroatoms. The zero-order valence-electron chi connectivity index (χ0n) is 13.3. The van der Waals surface area contributed by atoms with Crippen molar-refractivity contribution in [1.82, 2.24) is 5.06 Å². The molecule has 0 aromatic heterocycles. The number of hydrogen-bond donors (Lipinski definition) is 1. The number of rotatable bonds is 5. The minimum atomic E-state index is -4.42. The third-order valence-electron chi connectivity index (χ3n) is 3.56. The largest absolute Gasteiger partial charge is 0.489 e. The topological polar surface area (TPSA) is 41.9 Å². The fourth-order valence-corrected chi connectivity index (χ4v) is 2.29. The van der Waals surface area contributed by atoms with E-state index < -0.39 is 11.7 Å². The van der Waals surface area contributed by atoms with Crippen LogP contribution < -0.4 is 9.47 Å². The lowest BCUT2D eigenvalue weighted by Crippen LogP contribution is -2.36. The summed E-state index contributed by atoms with van der Waals surface area (Å²) < 4.78 is 49.9. The first-order valence-electron chi connectivity index (χ1n) is 7.70. The first-order chi connectivity index (χ1) is 10.8. The standard InChI is InChI=1S/C16H22F3NO3/c1-11(2)10-22-15-9-12(16(17,18)19)3-4-14(15)23-13-5-7-20(21)8-6-13/h3-4,9,11,13,21H,5-8,10H2,1-2H3. The number of nitrogens with zero attached hydrogens (tertiary/aromatic N) is 1. The highest BCUT2D eigenvalue weighted by Gasteiger charge is 2.32. The molecule has 1 aromatic carbocycles. The summed E-state index contributed by atoms with van der Waals surface area (Å²) in [4.78, 5) is 0. The Morgan fingerprint density at radius 2 is 1.87 bits per heavy atom. The molecular weight excluding hydrogens is 311 g/mol. The summed E-state index contributed by atoms with van der Waals surface area (Å²) in [5.74, 6) is 0.616. The smallest absolute Gasteiger partial charge is 0.416 e. The number of hydroxylamine groups is 2. The summed E-state index contributed by atoms with van der Waals surface area (Å²) in [5, 5.41) is 10.6. The number of benzene rings is 1. The van der Waals surface area contributed by atoms with Gasteiger partial charge in [0.2, 0.25) is 0 Å². The highest BCUT2D eigenvalue weighted by atomic mass is 19.4. The molecule has 2 rings (SSSR count). The first kappa shape index (κ1) is 17.9. The van der Waals surface area contributed by atoms with E-state index in [0.29, 0.717) is 38.3 Å². The van der Waals surface area contributed by atoms with E-state index in [1.807, 2.05) is 13.8 Å². The first-order valence-corrected chi connectivity index (χ1v) is 7.70. The van der Waals surface area contributed by atoms with Crippen LogP contribution in [0.15, 0.2) is 18.2 Å². The molecule has 1 heterocycles. The van der Waals surface area contributed by atoms with Crippen LogP contribution in [0, 0.1) is 5.92 Å². The van der Waals surface area contributed by atoms with Crippen LogP contribution in [0.25, 0.3) is 0 Å². The van der Waals surface area contributed by atoms with E-state index >= 15 is 0 Å². The van der Waals surface area contributed by atoms with Gasteiger partial charge in [0.05, 0.1) is 12.2 Å². The molecule has 0 aliphatic carbocycles. The quantitative estimate of drug-likeness (QED) is 0.885. The Balaban J connectivity index is 2.15. The summed E-state index contributed by atoms with van der Waals surface area (Å²) in [7, 11) is 0. The molecule has 0 amide bonds. The number of ether oxygens (including phenoxy) is 2. The van der Waals surface area contributed by atoms with Crippen molar-refractivity contribution in [3.63, 3.8) is 0 Å². The van der Waals surface area contributed by atoms with Crippen molar-refractivity contribution in [3.05, 3.63) is 23.8 Å². The zero-order valence-corrected chi connectivity index (χ0v) is 13.3. The van der Waals surface area contributed by atoms with E-state index in [0.717, 1.165) is 12.1 Å². The van der Waals surface area contributed by atoms with E-state index in [-0.39, 0.29) is 17.8 Å². The van der Waals surface area contributed by atoms with Gasteiger partial charge in [-0.05, 0) is 37.0 Å². The maximum Gasteiger partial charge on any atom is 0.416 e. The maximum atomic E-state index is 12.9. The summed E-state index contributed by atoms with van der Waals surface area (Å²) in [6.07, 6.45) is -3.34. The van der Waals surface area contributed by atoms with Gasteiger partial charge in [0.15, 0.2) is 11.5 Å². The van der Waals surface area contributed by atoms with Gasteiger partial charge >= 0.3 is 6.18 Å². The summed E-state index contributed by atoms with van der Waals surface area (Å²) in [5.41, 5.74) is -0.756. The molecule has 1 N–H and O–H groups in total. The molecule has 0 bridgehead atoms. The van der Waals surface area contributed by atoms with Crippen molar-refractivity contribution in [2.75, 3.05) is 19.7 Å². The van der Waals surface area contributed by atoms with Crippen LogP contribution in [0.1, 0.15) is 32.3 Å². The summed E-state index contributed by atoms with van der Waals surface area (Å²) >= 11 is 0. The van der Waals surface area contributed by atoms with Crippen LogP contribution in [-0.2, 0) is 6.18 Å². The molecule has 0 spiro atoms. The van der Waals surface area contributed by atoms with Gasteiger partial charge in [-0.1, -0.05) is 13.8 Å². The van der Waals surface area contributed by atoms with Gasteiger partial charge in [-0.3, -0.25) is 0 Å². The lowest BCUT2D eigenvalue weighted by Gasteiger charge is -2.28. The van der Waals surface area contributed by atoms with Crippen LogP contribution >= 0.6 is 0 Å². The minimum Gasteiger partial charge on any atom is -0.489 e. The monoisotopic (exact) mass is 333 g/mol. The van der Waals surface area contributed by atoms with E-state index in [1.54, 1.807) is 0 Å². The van der Waals surface area contributed by atoms with E-state index in [9.17, 15) is 18.4 Å². The summed E-state index contributed by atoms with van der Waals surface area (Å²) in [6.45, 7) is 5.12. The van der Waals surface area contributed by atoms with Gasteiger partial charge in [0, 0.05) is 13.1 Å². The van der Waals surface area contributed by atoms with E-state index in [2.05, 4.69) is 0 Å². The predicted octanol–water partition coefficient (Wildman–Crippen LogP) is 3.97. The van der Waals surface area contributed by atoms with Gasteiger partial charge < -0.3 is 14.7 Å². The molecule has 130 valence electrons. The molecule has 1 aliphatic heterocycles. The molecule has 1 aliphatic rings. The minimum absolute atomic E-state index is 0.111. The normalized spacial score (nSPS) is 17.5. The third-order valence-corrected chi connectivity index (χ3v) is 3.56. The van der Waals surface area contributed by atoms with Gasteiger partial charge in [-0.25, -0.2) is 0 Å². The second kappa shape index (κ2) is 7.40. The van der Waals surface area contributed by atoms with Crippen molar-refractivity contribution >= 4 is 0 Å². The molecular formula is C16H22F3NO3. The Morgan fingerprint density at radius 1 is 1.22 bits per heavy atom. The fraction of sp³-hybridized carbons (Fsp3) is 0.625. The van der Waals surface area contributed by atoms with E-state index in [1.165, 1.54) is 11.1 Å². The number of hydrogen-bond acceptors (Lipinski definition) is 4. The molecule has 4 nitrogen and oxygen atoms in total. The van der Waals surface area contributed by atoms with Crippen LogP contribution in [-0.4, -0.2) is 36.1 Å². The lowest BCUT2D eigenvalue weighted by molar-refractivity contribution is -0.137. The van der Waals surface area contributed by atoms with E-state index in [4.69, 9.17) is 9.47 Å². The molecule has 1 aromatic rings. The summed E-state index contributed by atoms with van der Waals surface area (Å²) in [6, 6.07) is 3.29. The molecule has 1 fully saturated rings. The average Bonchev–Trinajstić information content (AvgIpc) is 2.47. The van der Waals surface area contributed by atoms with Crippen molar-refractivity contribution in [3.8, 4) is 11.5 Å². The number of alkyl halides is 3. The van der Waals surface area contributed by atoms with Gasteiger partial charge in [-0.2, -0.15) is 18.2 Å². The molecule has 0 atom stereocenters. The van der Waals surface area contributed by atoms with Crippen LogP contribution in [0.3, 0.4) is 0 Å². The Morgan fingerprint density at radius 3 is 2.43 bits per heavy atom. The number of piperidine rings is 1. The van der Waals surface area contributed by atoms with Gasteiger partial charge in [-0.15, -0.1) is 0 Å². The number of halogens is 3. The van der Waals surface area contributed by atoms with Crippen molar-refractivity contribution in [2.45, 2.75) is 39.0 Å². The average molecular weight is 333 g/mol. The van der Waals surface area contributed by atoms with Crippen molar-refractivity contribution in [1.29, 1.82) is 0 Å².